The van der Waals surface area contributed by atoms with E-state index in [2.05, 4.69) is 5.32 Å². The van der Waals surface area contributed by atoms with Crippen LogP contribution in [0.25, 0.3) is 6.08 Å². The Morgan fingerprint density at radius 3 is 2.22 bits per heavy atom. The third-order valence-electron chi connectivity index (χ3n) is 4.02. The van der Waals surface area contributed by atoms with Crippen molar-refractivity contribution in [3.63, 3.8) is 0 Å². The van der Waals surface area contributed by atoms with Crippen LogP contribution in [0.2, 0.25) is 0 Å². The van der Waals surface area contributed by atoms with E-state index in [0.29, 0.717) is 30.4 Å². The molecule has 2 aromatic carbocycles. The van der Waals surface area contributed by atoms with E-state index in [0.717, 1.165) is 22.4 Å². The highest BCUT2D eigenvalue weighted by Crippen LogP contribution is 2.30. The highest BCUT2D eigenvalue weighted by molar-refractivity contribution is 6.02. The molecule has 0 unspecified atom stereocenters. The lowest BCUT2D eigenvalue weighted by Crippen LogP contribution is -2.08. The molecule has 2 aromatic rings. The molecule has 27 heavy (non-hydrogen) atoms. The molecule has 0 aliphatic carbocycles. The van der Waals surface area contributed by atoms with Gasteiger partial charge in [-0.15, -0.1) is 0 Å². The molecule has 0 aliphatic rings. The van der Waals surface area contributed by atoms with Crippen molar-refractivity contribution in [1.82, 2.24) is 0 Å². The lowest BCUT2D eigenvalue weighted by atomic mass is 10.0. The van der Waals surface area contributed by atoms with Crippen molar-refractivity contribution in [2.75, 3.05) is 25.6 Å². The first-order valence-corrected chi connectivity index (χ1v) is 9.02. The zero-order valence-corrected chi connectivity index (χ0v) is 16.6. The van der Waals surface area contributed by atoms with E-state index in [1.54, 1.807) is 25.3 Å². The van der Waals surface area contributed by atoms with E-state index in [-0.39, 0.29) is 5.91 Å². The molecule has 2 rings (SSSR count). The Kier molecular flexibility index (Phi) is 7.29. The summed E-state index contributed by atoms with van der Waals surface area (Å²) in [6.07, 6.45) is 3.34. The molecule has 0 aliphatic heterocycles. The van der Waals surface area contributed by atoms with Gasteiger partial charge in [0, 0.05) is 17.8 Å². The van der Waals surface area contributed by atoms with Crippen molar-refractivity contribution in [2.45, 2.75) is 27.7 Å². The van der Waals surface area contributed by atoms with Crippen molar-refractivity contribution in [3.05, 3.63) is 53.1 Å². The Morgan fingerprint density at radius 1 is 1.00 bits per heavy atom. The number of amides is 1. The predicted octanol–water partition coefficient (Wildman–Crippen LogP) is 4.76. The van der Waals surface area contributed by atoms with E-state index in [1.807, 2.05) is 45.9 Å². The first-order chi connectivity index (χ1) is 13.0. The zero-order chi connectivity index (χ0) is 19.8. The van der Waals surface area contributed by atoms with Crippen molar-refractivity contribution < 1.29 is 19.0 Å². The molecule has 0 saturated heterocycles. The van der Waals surface area contributed by atoms with E-state index in [9.17, 15) is 4.79 Å². The summed E-state index contributed by atoms with van der Waals surface area (Å²) in [5.41, 5.74) is 3.76. The highest BCUT2D eigenvalue weighted by Gasteiger charge is 2.08. The molecule has 0 fully saturated rings. The van der Waals surface area contributed by atoms with Crippen molar-refractivity contribution in [2.24, 2.45) is 0 Å². The van der Waals surface area contributed by atoms with Crippen LogP contribution in [0.3, 0.4) is 0 Å². The van der Waals surface area contributed by atoms with Gasteiger partial charge in [-0.2, -0.15) is 0 Å². The first-order valence-electron chi connectivity index (χ1n) is 9.02. The van der Waals surface area contributed by atoms with Crippen LogP contribution in [0.4, 0.5) is 5.69 Å². The molecule has 144 valence electrons. The zero-order valence-electron chi connectivity index (χ0n) is 16.6. The second kappa shape index (κ2) is 9.67. The van der Waals surface area contributed by atoms with Crippen LogP contribution in [0.5, 0.6) is 17.2 Å². The van der Waals surface area contributed by atoms with E-state index < -0.39 is 0 Å². The number of aryl methyl sites for hydroxylation is 2. The molecule has 0 radical (unpaired) electrons. The summed E-state index contributed by atoms with van der Waals surface area (Å²) in [6.45, 7) is 8.88. The fourth-order valence-electron chi connectivity index (χ4n) is 2.79. The van der Waals surface area contributed by atoms with Gasteiger partial charge in [0.15, 0.2) is 11.5 Å². The number of carbonyl (C=O) groups excluding carboxylic acids is 1. The predicted molar refractivity (Wildman–Crippen MR) is 109 cm³/mol. The monoisotopic (exact) mass is 369 g/mol. The number of rotatable bonds is 8. The Morgan fingerprint density at radius 2 is 1.63 bits per heavy atom. The van der Waals surface area contributed by atoms with Gasteiger partial charge in [0.05, 0.1) is 20.3 Å². The second-order valence-electron chi connectivity index (χ2n) is 6.02. The third-order valence-corrected chi connectivity index (χ3v) is 4.02. The molecule has 0 heterocycles. The number of hydrogen-bond acceptors (Lipinski definition) is 4. The van der Waals surface area contributed by atoms with Crippen molar-refractivity contribution in [3.8, 4) is 17.2 Å². The second-order valence-corrected chi connectivity index (χ2v) is 6.02. The van der Waals surface area contributed by atoms with Crippen LogP contribution >= 0.6 is 0 Å². The van der Waals surface area contributed by atoms with Crippen molar-refractivity contribution in [1.29, 1.82) is 0 Å². The van der Waals surface area contributed by atoms with Gasteiger partial charge < -0.3 is 19.5 Å². The van der Waals surface area contributed by atoms with E-state index in [1.165, 1.54) is 6.08 Å². The number of benzene rings is 2. The van der Waals surface area contributed by atoms with Crippen molar-refractivity contribution >= 4 is 17.7 Å². The molecule has 0 bridgehead atoms. The minimum atomic E-state index is -0.212. The molecule has 0 atom stereocenters. The summed E-state index contributed by atoms with van der Waals surface area (Å²) in [4.78, 5) is 12.3. The maximum atomic E-state index is 12.3. The van der Waals surface area contributed by atoms with Crippen LogP contribution in [0.15, 0.2) is 36.4 Å². The van der Waals surface area contributed by atoms with Crippen LogP contribution < -0.4 is 19.5 Å². The fourth-order valence-corrected chi connectivity index (χ4v) is 2.79. The van der Waals surface area contributed by atoms with Gasteiger partial charge in [-0.05, 0) is 74.7 Å². The SMILES string of the molecule is CCOc1ccc(NC(=O)/C=C/c2c(C)cc(OC)cc2C)cc1OCC. The van der Waals surface area contributed by atoms with E-state index in [4.69, 9.17) is 14.2 Å². The highest BCUT2D eigenvalue weighted by atomic mass is 16.5. The van der Waals surface area contributed by atoms with Gasteiger partial charge in [-0.25, -0.2) is 0 Å². The minimum absolute atomic E-state index is 0.212. The smallest absolute Gasteiger partial charge is 0.248 e. The number of ether oxygens (including phenoxy) is 3. The molecule has 5 nitrogen and oxygen atoms in total. The van der Waals surface area contributed by atoms with Crippen LogP contribution in [0, 0.1) is 13.8 Å². The average molecular weight is 369 g/mol. The van der Waals surface area contributed by atoms with Crippen LogP contribution in [0.1, 0.15) is 30.5 Å². The minimum Gasteiger partial charge on any atom is -0.497 e. The summed E-state index contributed by atoms with van der Waals surface area (Å²) >= 11 is 0. The molecular formula is C22H27NO4. The Hall–Kier alpha value is -2.95. The van der Waals surface area contributed by atoms with Crippen LogP contribution in [-0.2, 0) is 4.79 Å². The first kappa shape index (κ1) is 20.4. The molecule has 1 N–H and O–H groups in total. The topological polar surface area (TPSA) is 56.8 Å². The molecule has 0 spiro atoms. The average Bonchev–Trinajstić information content (AvgIpc) is 2.63. The van der Waals surface area contributed by atoms with Gasteiger partial charge in [0.2, 0.25) is 5.91 Å². The van der Waals surface area contributed by atoms with Gasteiger partial charge >= 0.3 is 0 Å². The summed E-state index contributed by atoms with van der Waals surface area (Å²) in [7, 11) is 1.64. The molecular weight excluding hydrogens is 342 g/mol. The largest absolute Gasteiger partial charge is 0.497 e. The summed E-state index contributed by atoms with van der Waals surface area (Å²) in [5.74, 6) is 1.88. The number of hydrogen-bond donors (Lipinski definition) is 1. The standard InChI is InChI=1S/C22H27NO4/c1-6-26-20-10-8-17(14-21(20)27-7-2)23-22(24)11-9-19-15(3)12-18(25-5)13-16(19)4/h8-14H,6-7H2,1-5H3,(H,23,24)/b11-9+. The van der Waals surface area contributed by atoms with Gasteiger partial charge in [0.25, 0.3) is 0 Å². The lowest BCUT2D eigenvalue weighted by Gasteiger charge is -2.12. The summed E-state index contributed by atoms with van der Waals surface area (Å²) in [5, 5.41) is 2.86. The molecule has 0 aromatic heterocycles. The molecule has 1 amide bonds. The number of methoxy groups -OCH3 is 1. The maximum Gasteiger partial charge on any atom is 0.248 e. The lowest BCUT2D eigenvalue weighted by molar-refractivity contribution is -0.111. The van der Waals surface area contributed by atoms with Gasteiger partial charge in [-0.3, -0.25) is 4.79 Å². The quantitative estimate of drug-likeness (QED) is 0.682. The maximum absolute atomic E-state index is 12.3. The fraction of sp³-hybridized carbons (Fsp3) is 0.318. The normalized spacial score (nSPS) is 10.7. The summed E-state index contributed by atoms with van der Waals surface area (Å²) in [6, 6.07) is 9.26. The van der Waals surface area contributed by atoms with E-state index >= 15 is 0 Å². The van der Waals surface area contributed by atoms with Gasteiger partial charge in [0.1, 0.15) is 5.75 Å². The number of anilines is 1. The van der Waals surface area contributed by atoms with Crippen LogP contribution in [-0.4, -0.2) is 26.2 Å². The Bertz CT molecular complexity index is 804. The third kappa shape index (κ3) is 5.51. The molecule has 0 saturated carbocycles. The number of carbonyl (C=O) groups is 1. The summed E-state index contributed by atoms with van der Waals surface area (Å²) < 4.78 is 16.4. The number of nitrogens with one attached hydrogen (secondary N) is 1. The Balaban J connectivity index is 2.14. The Labute approximate surface area is 161 Å². The molecule has 5 heteroatoms. The van der Waals surface area contributed by atoms with Gasteiger partial charge in [-0.1, -0.05) is 0 Å².